The Kier molecular flexibility index (Phi) is 3.79. The van der Waals surface area contributed by atoms with Gasteiger partial charge in [0.15, 0.2) is 0 Å². The zero-order valence-corrected chi connectivity index (χ0v) is 12.4. The van der Waals surface area contributed by atoms with E-state index in [4.69, 9.17) is 4.74 Å². The van der Waals surface area contributed by atoms with Crippen molar-refractivity contribution >= 4 is 0 Å². The molecule has 1 rings (SSSR count). The summed E-state index contributed by atoms with van der Waals surface area (Å²) in [6.45, 7) is 18.6. The Labute approximate surface area is 102 Å². The number of hydrogen-bond acceptors (Lipinski definition) is 1. The maximum absolute atomic E-state index is 6.35. The second-order valence-electron chi connectivity index (χ2n) is 6.74. The summed E-state index contributed by atoms with van der Waals surface area (Å²) in [6.07, 6.45) is 1.61. The smallest absolute Gasteiger partial charge is 0.0742 e. The molecule has 1 nitrogen and oxygen atoms in total. The monoisotopic (exact) mass is 226 g/mol. The van der Waals surface area contributed by atoms with Crippen molar-refractivity contribution in [1.82, 2.24) is 0 Å². The van der Waals surface area contributed by atoms with Gasteiger partial charge in [-0.3, -0.25) is 0 Å². The highest BCUT2D eigenvalue weighted by Gasteiger charge is 2.59. The SMILES string of the molecule is CC1CC(C(C)C)(C(C)C)C(C)(C(C)C)O1. The van der Waals surface area contributed by atoms with E-state index in [1.165, 1.54) is 6.42 Å². The van der Waals surface area contributed by atoms with Crippen LogP contribution >= 0.6 is 0 Å². The minimum atomic E-state index is 0.0226. The van der Waals surface area contributed by atoms with E-state index in [0.717, 1.165) is 0 Å². The van der Waals surface area contributed by atoms with Crippen molar-refractivity contribution in [2.45, 2.75) is 73.5 Å². The van der Waals surface area contributed by atoms with Gasteiger partial charge in [0, 0.05) is 5.41 Å². The molecule has 1 aliphatic heterocycles. The average molecular weight is 226 g/mol. The molecular formula is C15H30O. The van der Waals surface area contributed by atoms with Gasteiger partial charge in [-0.25, -0.2) is 0 Å². The van der Waals surface area contributed by atoms with Crippen LogP contribution in [0.5, 0.6) is 0 Å². The van der Waals surface area contributed by atoms with Gasteiger partial charge in [-0.2, -0.15) is 0 Å². The molecule has 2 unspecified atom stereocenters. The molecule has 16 heavy (non-hydrogen) atoms. The van der Waals surface area contributed by atoms with E-state index < -0.39 is 0 Å². The highest BCUT2D eigenvalue weighted by Crippen LogP contribution is 2.58. The quantitative estimate of drug-likeness (QED) is 0.688. The van der Waals surface area contributed by atoms with Gasteiger partial charge in [0.25, 0.3) is 0 Å². The molecule has 96 valence electrons. The predicted molar refractivity (Wildman–Crippen MR) is 70.5 cm³/mol. The van der Waals surface area contributed by atoms with Gasteiger partial charge < -0.3 is 4.74 Å². The number of ether oxygens (including phenoxy) is 1. The highest BCUT2D eigenvalue weighted by atomic mass is 16.5. The summed E-state index contributed by atoms with van der Waals surface area (Å²) in [4.78, 5) is 0. The van der Waals surface area contributed by atoms with Crippen LogP contribution in [0.2, 0.25) is 0 Å². The first kappa shape index (κ1) is 14.0. The molecule has 0 aromatic heterocycles. The maximum atomic E-state index is 6.35. The van der Waals surface area contributed by atoms with Gasteiger partial charge in [-0.15, -0.1) is 0 Å². The van der Waals surface area contributed by atoms with E-state index in [-0.39, 0.29) is 5.60 Å². The average Bonchev–Trinajstić information content (AvgIpc) is 2.39. The maximum Gasteiger partial charge on any atom is 0.0742 e. The lowest BCUT2D eigenvalue weighted by atomic mass is 9.56. The third-order valence-electron chi connectivity index (χ3n) is 5.16. The lowest BCUT2D eigenvalue weighted by Gasteiger charge is -2.51. The summed E-state index contributed by atoms with van der Waals surface area (Å²) in [7, 11) is 0. The highest BCUT2D eigenvalue weighted by molar-refractivity contribution is 5.07. The van der Waals surface area contributed by atoms with Gasteiger partial charge in [0.05, 0.1) is 11.7 Å². The fraction of sp³-hybridized carbons (Fsp3) is 1.00. The summed E-state index contributed by atoms with van der Waals surface area (Å²) in [5.41, 5.74) is 0.343. The number of hydrogen-bond donors (Lipinski definition) is 0. The minimum Gasteiger partial charge on any atom is -0.371 e. The summed E-state index contributed by atoms with van der Waals surface area (Å²) >= 11 is 0. The van der Waals surface area contributed by atoms with Crippen molar-refractivity contribution in [3.63, 3.8) is 0 Å². The molecule has 1 saturated heterocycles. The first-order valence-corrected chi connectivity index (χ1v) is 6.86. The molecule has 0 amide bonds. The summed E-state index contributed by atoms with van der Waals surface area (Å²) < 4.78 is 6.35. The van der Waals surface area contributed by atoms with Gasteiger partial charge in [0.1, 0.15) is 0 Å². The minimum absolute atomic E-state index is 0.0226. The van der Waals surface area contributed by atoms with Crippen LogP contribution in [-0.4, -0.2) is 11.7 Å². The van der Waals surface area contributed by atoms with Crippen molar-refractivity contribution < 1.29 is 4.74 Å². The van der Waals surface area contributed by atoms with Crippen LogP contribution in [0.3, 0.4) is 0 Å². The Hall–Kier alpha value is -0.0400. The van der Waals surface area contributed by atoms with E-state index in [1.807, 2.05) is 0 Å². The molecule has 1 heterocycles. The van der Waals surface area contributed by atoms with Gasteiger partial charge in [-0.05, 0) is 38.0 Å². The zero-order chi connectivity index (χ0) is 12.7. The molecule has 0 N–H and O–H groups in total. The zero-order valence-electron chi connectivity index (χ0n) is 12.4. The molecule has 1 aliphatic rings. The lowest BCUT2D eigenvalue weighted by Crippen LogP contribution is -2.52. The second-order valence-corrected chi connectivity index (χ2v) is 6.74. The molecule has 0 aromatic rings. The van der Waals surface area contributed by atoms with Crippen LogP contribution in [-0.2, 0) is 4.74 Å². The lowest BCUT2D eigenvalue weighted by molar-refractivity contribution is -0.133. The van der Waals surface area contributed by atoms with E-state index in [2.05, 4.69) is 55.4 Å². The van der Waals surface area contributed by atoms with E-state index in [0.29, 0.717) is 29.3 Å². The molecule has 0 bridgehead atoms. The van der Waals surface area contributed by atoms with Crippen molar-refractivity contribution in [3.8, 4) is 0 Å². The van der Waals surface area contributed by atoms with Crippen LogP contribution in [0.1, 0.15) is 61.8 Å². The van der Waals surface area contributed by atoms with Gasteiger partial charge in [-0.1, -0.05) is 41.5 Å². The predicted octanol–water partition coefficient (Wildman–Crippen LogP) is 4.51. The second kappa shape index (κ2) is 4.33. The van der Waals surface area contributed by atoms with E-state index in [1.54, 1.807) is 0 Å². The largest absolute Gasteiger partial charge is 0.371 e. The Morgan fingerprint density at radius 1 is 0.938 bits per heavy atom. The summed E-state index contributed by atoms with van der Waals surface area (Å²) in [5.74, 6) is 1.91. The van der Waals surface area contributed by atoms with E-state index in [9.17, 15) is 0 Å². The van der Waals surface area contributed by atoms with Gasteiger partial charge in [0.2, 0.25) is 0 Å². The molecule has 1 heteroatoms. The fourth-order valence-electron chi connectivity index (χ4n) is 4.21. The molecule has 0 aliphatic carbocycles. The molecule has 2 atom stereocenters. The molecule has 0 aromatic carbocycles. The first-order valence-electron chi connectivity index (χ1n) is 6.86. The Bertz CT molecular complexity index is 234. The van der Waals surface area contributed by atoms with Crippen molar-refractivity contribution in [2.75, 3.05) is 0 Å². The van der Waals surface area contributed by atoms with Crippen LogP contribution in [0.15, 0.2) is 0 Å². The van der Waals surface area contributed by atoms with Crippen molar-refractivity contribution in [2.24, 2.45) is 23.2 Å². The van der Waals surface area contributed by atoms with Crippen molar-refractivity contribution in [3.05, 3.63) is 0 Å². The molecule has 0 saturated carbocycles. The van der Waals surface area contributed by atoms with Crippen molar-refractivity contribution in [1.29, 1.82) is 0 Å². The molecule has 1 fully saturated rings. The topological polar surface area (TPSA) is 9.23 Å². The standard InChI is InChI=1S/C15H30O/c1-10(2)14(8)15(11(3)4,12(5)6)9-13(7)16-14/h10-13H,9H2,1-8H3. The molecular weight excluding hydrogens is 196 g/mol. The Balaban J connectivity index is 3.24. The van der Waals surface area contributed by atoms with E-state index >= 15 is 0 Å². The Morgan fingerprint density at radius 2 is 1.38 bits per heavy atom. The summed E-state index contributed by atoms with van der Waals surface area (Å²) in [6, 6.07) is 0. The third-order valence-corrected chi connectivity index (χ3v) is 5.16. The molecule has 0 spiro atoms. The van der Waals surface area contributed by atoms with Crippen LogP contribution in [0.25, 0.3) is 0 Å². The summed E-state index contributed by atoms with van der Waals surface area (Å²) in [5, 5.41) is 0. The molecule has 0 radical (unpaired) electrons. The van der Waals surface area contributed by atoms with Crippen LogP contribution < -0.4 is 0 Å². The third kappa shape index (κ3) is 1.72. The normalized spacial score (nSPS) is 34.3. The van der Waals surface area contributed by atoms with Gasteiger partial charge >= 0.3 is 0 Å². The van der Waals surface area contributed by atoms with Crippen LogP contribution in [0.4, 0.5) is 0 Å². The van der Waals surface area contributed by atoms with Crippen LogP contribution in [0, 0.1) is 23.2 Å². The number of rotatable bonds is 3. The Morgan fingerprint density at radius 3 is 1.62 bits per heavy atom. The first-order chi connectivity index (χ1) is 7.18. The fourth-order valence-corrected chi connectivity index (χ4v) is 4.21.